The maximum Gasteiger partial charge on any atom is 0.234 e. The molecule has 1 aliphatic rings. The van der Waals surface area contributed by atoms with Gasteiger partial charge in [0.1, 0.15) is 0 Å². The first-order valence-electron chi connectivity index (χ1n) is 7.81. The Morgan fingerprint density at radius 3 is 2.42 bits per heavy atom. The number of rotatable bonds is 8. The van der Waals surface area contributed by atoms with E-state index in [9.17, 15) is 4.79 Å². The van der Waals surface area contributed by atoms with Crippen LogP contribution in [-0.2, 0) is 4.79 Å². The number of nitrogens with two attached hydrogens (primary N) is 1. The quantitative estimate of drug-likeness (QED) is 0.705. The normalized spacial score (nSPS) is 25.5. The molecule has 4 nitrogen and oxygen atoms in total. The lowest BCUT2D eigenvalue weighted by Gasteiger charge is -2.35. The predicted octanol–water partition coefficient (Wildman–Crippen LogP) is 1.74. The molecule has 0 radical (unpaired) electrons. The molecule has 1 saturated carbocycles. The molecule has 0 aromatic heterocycles. The Morgan fingerprint density at radius 1 is 1.32 bits per heavy atom. The average molecular weight is 269 g/mol. The Morgan fingerprint density at radius 2 is 1.95 bits per heavy atom. The molecule has 19 heavy (non-hydrogen) atoms. The van der Waals surface area contributed by atoms with E-state index in [0.29, 0.717) is 6.04 Å². The summed E-state index contributed by atoms with van der Waals surface area (Å²) in [5.41, 5.74) is 5.40. The van der Waals surface area contributed by atoms with Gasteiger partial charge in [-0.3, -0.25) is 4.79 Å². The first kappa shape index (κ1) is 16.4. The van der Waals surface area contributed by atoms with Crippen LogP contribution >= 0.6 is 0 Å². The summed E-state index contributed by atoms with van der Waals surface area (Å²) in [5.74, 6) is 0.703. The van der Waals surface area contributed by atoms with Gasteiger partial charge in [-0.1, -0.05) is 20.3 Å². The highest BCUT2D eigenvalue weighted by atomic mass is 16.1. The number of nitrogens with one attached hydrogen (secondary N) is 1. The van der Waals surface area contributed by atoms with Crippen LogP contribution in [0.1, 0.15) is 52.4 Å². The zero-order valence-corrected chi connectivity index (χ0v) is 12.8. The second-order valence-corrected chi connectivity index (χ2v) is 5.86. The van der Waals surface area contributed by atoms with Crippen molar-refractivity contribution in [3.63, 3.8) is 0 Å². The van der Waals surface area contributed by atoms with Crippen molar-refractivity contribution in [1.29, 1.82) is 0 Å². The first-order chi connectivity index (χ1) is 9.08. The molecule has 1 rings (SSSR count). The summed E-state index contributed by atoms with van der Waals surface area (Å²) in [5, 5.41) is 3.16. The monoisotopic (exact) mass is 269 g/mol. The SMILES string of the molecule is CCNC(CCN(C)C1CCC(CC)CC1)C(N)=O. The van der Waals surface area contributed by atoms with Crippen LogP contribution < -0.4 is 11.1 Å². The topological polar surface area (TPSA) is 58.4 Å². The fourth-order valence-electron chi connectivity index (χ4n) is 3.10. The smallest absolute Gasteiger partial charge is 0.234 e. The lowest BCUT2D eigenvalue weighted by atomic mass is 9.84. The molecule has 0 aromatic carbocycles. The number of carbonyl (C=O) groups excluding carboxylic acids is 1. The third-order valence-corrected chi connectivity index (χ3v) is 4.58. The predicted molar refractivity (Wildman–Crippen MR) is 79.9 cm³/mol. The molecular weight excluding hydrogens is 238 g/mol. The fraction of sp³-hybridized carbons (Fsp3) is 0.933. The van der Waals surface area contributed by atoms with Gasteiger partial charge in [-0.05, 0) is 51.6 Å². The van der Waals surface area contributed by atoms with Crippen molar-refractivity contribution in [1.82, 2.24) is 10.2 Å². The summed E-state index contributed by atoms with van der Waals surface area (Å²) in [6.45, 7) is 6.04. The zero-order valence-electron chi connectivity index (χ0n) is 12.8. The van der Waals surface area contributed by atoms with Gasteiger partial charge in [-0.15, -0.1) is 0 Å². The van der Waals surface area contributed by atoms with Crippen LogP contribution in [0.5, 0.6) is 0 Å². The third kappa shape index (κ3) is 5.49. The standard InChI is InChI=1S/C15H31N3O/c1-4-12-6-8-13(9-7-12)18(3)11-10-14(15(16)19)17-5-2/h12-14,17H,4-11H2,1-3H3,(H2,16,19). The Hall–Kier alpha value is -0.610. The van der Waals surface area contributed by atoms with Gasteiger partial charge in [0.05, 0.1) is 6.04 Å². The highest BCUT2D eigenvalue weighted by Crippen LogP contribution is 2.28. The van der Waals surface area contributed by atoms with Crippen LogP contribution in [0.15, 0.2) is 0 Å². The van der Waals surface area contributed by atoms with Crippen molar-refractivity contribution in [3.05, 3.63) is 0 Å². The second kappa shape index (κ2) is 8.54. The molecule has 0 aromatic rings. The summed E-state index contributed by atoms with van der Waals surface area (Å²) in [6, 6.07) is 0.511. The highest BCUT2D eigenvalue weighted by molar-refractivity contribution is 5.79. The molecule has 0 saturated heterocycles. The van der Waals surface area contributed by atoms with Crippen molar-refractivity contribution in [2.24, 2.45) is 11.7 Å². The van der Waals surface area contributed by atoms with E-state index in [1.807, 2.05) is 6.92 Å². The second-order valence-electron chi connectivity index (χ2n) is 5.86. The molecule has 0 spiro atoms. The Balaban J connectivity index is 2.30. The number of hydrogen-bond donors (Lipinski definition) is 2. The van der Waals surface area contributed by atoms with Crippen molar-refractivity contribution in [3.8, 4) is 0 Å². The lowest BCUT2D eigenvalue weighted by molar-refractivity contribution is -0.120. The minimum absolute atomic E-state index is 0.181. The molecule has 1 amide bonds. The molecule has 4 heteroatoms. The zero-order chi connectivity index (χ0) is 14.3. The summed E-state index contributed by atoms with van der Waals surface area (Å²) >= 11 is 0. The highest BCUT2D eigenvalue weighted by Gasteiger charge is 2.24. The molecule has 112 valence electrons. The Kier molecular flexibility index (Phi) is 7.39. The number of nitrogens with zero attached hydrogens (tertiary/aromatic N) is 1. The van der Waals surface area contributed by atoms with Gasteiger partial charge in [0.25, 0.3) is 0 Å². The van der Waals surface area contributed by atoms with Gasteiger partial charge in [0.2, 0.25) is 5.91 Å². The van der Waals surface area contributed by atoms with Crippen LogP contribution in [0.3, 0.4) is 0 Å². The van der Waals surface area contributed by atoms with Gasteiger partial charge in [-0.2, -0.15) is 0 Å². The molecule has 1 aliphatic carbocycles. The largest absolute Gasteiger partial charge is 0.368 e. The van der Waals surface area contributed by atoms with Gasteiger partial charge in [0, 0.05) is 12.6 Å². The summed E-state index contributed by atoms with van der Waals surface area (Å²) < 4.78 is 0. The number of amides is 1. The molecule has 0 aliphatic heterocycles. The van der Waals surface area contributed by atoms with E-state index < -0.39 is 0 Å². The Labute approximate surface area is 118 Å². The maximum absolute atomic E-state index is 11.3. The van der Waals surface area contributed by atoms with Crippen LogP contribution in [0.4, 0.5) is 0 Å². The van der Waals surface area contributed by atoms with Gasteiger partial charge >= 0.3 is 0 Å². The van der Waals surface area contributed by atoms with E-state index in [2.05, 4.69) is 24.2 Å². The molecular formula is C15H31N3O. The summed E-state index contributed by atoms with van der Waals surface area (Å²) in [7, 11) is 2.18. The molecule has 0 heterocycles. The first-order valence-corrected chi connectivity index (χ1v) is 7.81. The minimum Gasteiger partial charge on any atom is -0.368 e. The molecule has 1 atom stereocenters. The van der Waals surface area contributed by atoms with Crippen molar-refractivity contribution >= 4 is 5.91 Å². The molecule has 1 fully saturated rings. The van der Waals surface area contributed by atoms with E-state index in [1.54, 1.807) is 0 Å². The van der Waals surface area contributed by atoms with Gasteiger partial charge < -0.3 is 16.0 Å². The molecule has 0 bridgehead atoms. The lowest BCUT2D eigenvalue weighted by Crippen LogP contribution is -2.44. The number of hydrogen-bond acceptors (Lipinski definition) is 3. The number of carbonyl (C=O) groups is 1. The maximum atomic E-state index is 11.3. The van der Waals surface area contributed by atoms with Crippen molar-refractivity contribution < 1.29 is 4.79 Å². The van der Waals surface area contributed by atoms with E-state index in [0.717, 1.165) is 25.4 Å². The summed E-state index contributed by atoms with van der Waals surface area (Å²) in [4.78, 5) is 13.7. The average Bonchev–Trinajstić information content (AvgIpc) is 2.42. The number of primary amides is 1. The van der Waals surface area contributed by atoms with Crippen molar-refractivity contribution in [2.75, 3.05) is 20.1 Å². The summed E-state index contributed by atoms with van der Waals surface area (Å²) in [6.07, 6.45) is 7.46. The van der Waals surface area contributed by atoms with Gasteiger partial charge in [0.15, 0.2) is 0 Å². The Bertz CT molecular complexity index is 262. The minimum atomic E-state index is -0.232. The number of likely N-dealkylation sites (N-methyl/N-ethyl adjacent to an activating group) is 1. The van der Waals surface area contributed by atoms with Crippen LogP contribution in [0.2, 0.25) is 0 Å². The molecule has 3 N–H and O–H groups in total. The van der Waals surface area contributed by atoms with E-state index in [1.165, 1.54) is 32.1 Å². The van der Waals surface area contributed by atoms with Crippen LogP contribution in [0.25, 0.3) is 0 Å². The van der Waals surface area contributed by atoms with Gasteiger partial charge in [-0.25, -0.2) is 0 Å². The van der Waals surface area contributed by atoms with E-state index in [-0.39, 0.29) is 11.9 Å². The van der Waals surface area contributed by atoms with E-state index in [4.69, 9.17) is 5.73 Å². The van der Waals surface area contributed by atoms with E-state index >= 15 is 0 Å². The van der Waals surface area contributed by atoms with Crippen molar-refractivity contribution in [2.45, 2.75) is 64.5 Å². The van der Waals surface area contributed by atoms with Crippen LogP contribution in [0, 0.1) is 5.92 Å². The third-order valence-electron chi connectivity index (χ3n) is 4.58. The fourth-order valence-corrected chi connectivity index (χ4v) is 3.10. The molecule has 1 unspecified atom stereocenters. The van der Waals surface area contributed by atoms with Crippen LogP contribution in [-0.4, -0.2) is 43.0 Å².